The smallest absolute Gasteiger partial charge is 0.420 e. The SMILES string of the molecule is Fc1ccccc1/C(=C/O/C=C(/c1ccccc1F)C(F)(F)F)C(F)(F)F. The highest BCUT2D eigenvalue weighted by molar-refractivity contribution is 5.71. The predicted molar refractivity (Wildman–Crippen MR) is 81.9 cm³/mol. The fraction of sp³-hybridized carbons (Fsp3) is 0.111. The van der Waals surface area contributed by atoms with Gasteiger partial charge in [-0.25, -0.2) is 8.78 Å². The lowest BCUT2D eigenvalue weighted by Gasteiger charge is -2.14. The normalized spacial score (nSPS) is 13.6. The molecule has 0 aliphatic rings. The lowest BCUT2D eigenvalue weighted by molar-refractivity contribution is -0.0706. The number of alkyl halides is 6. The van der Waals surface area contributed by atoms with Gasteiger partial charge in [0.2, 0.25) is 0 Å². The van der Waals surface area contributed by atoms with Crippen molar-refractivity contribution in [3.63, 3.8) is 0 Å². The summed E-state index contributed by atoms with van der Waals surface area (Å²) in [4.78, 5) is 0. The molecule has 2 aromatic rings. The van der Waals surface area contributed by atoms with E-state index in [4.69, 9.17) is 0 Å². The van der Waals surface area contributed by atoms with Gasteiger partial charge >= 0.3 is 12.4 Å². The van der Waals surface area contributed by atoms with Crippen LogP contribution < -0.4 is 0 Å². The van der Waals surface area contributed by atoms with Crippen molar-refractivity contribution in [3.8, 4) is 0 Å². The maximum Gasteiger partial charge on any atom is 0.420 e. The average molecular weight is 394 g/mol. The third kappa shape index (κ3) is 5.08. The summed E-state index contributed by atoms with van der Waals surface area (Å²) in [5, 5.41) is 0. The van der Waals surface area contributed by atoms with Crippen LogP contribution >= 0.6 is 0 Å². The fourth-order valence-electron chi connectivity index (χ4n) is 2.10. The van der Waals surface area contributed by atoms with Crippen molar-refractivity contribution >= 4 is 11.1 Å². The molecule has 0 saturated carbocycles. The molecule has 0 N–H and O–H groups in total. The maximum absolute atomic E-state index is 13.6. The molecule has 0 aromatic heterocycles. The predicted octanol–water partition coefficient (Wildman–Crippen LogP) is 6.49. The van der Waals surface area contributed by atoms with Crippen LogP contribution in [0.2, 0.25) is 0 Å². The molecule has 2 aromatic carbocycles. The van der Waals surface area contributed by atoms with Crippen LogP contribution in [0, 0.1) is 11.6 Å². The van der Waals surface area contributed by atoms with Gasteiger partial charge in [-0.05, 0) is 12.1 Å². The van der Waals surface area contributed by atoms with Crippen molar-refractivity contribution < 1.29 is 39.9 Å². The molecule has 2 rings (SSSR count). The molecule has 1 nitrogen and oxygen atoms in total. The third-order valence-corrected chi connectivity index (χ3v) is 3.31. The summed E-state index contributed by atoms with van der Waals surface area (Å²) in [5.41, 5.74) is -5.07. The number of rotatable bonds is 4. The fourth-order valence-corrected chi connectivity index (χ4v) is 2.10. The van der Waals surface area contributed by atoms with E-state index in [0.717, 1.165) is 48.5 Å². The summed E-state index contributed by atoms with van der Waals surface area (Å²) in [6.45, 7) is 0. The van der Waals surface area contributed by atoms with Gasteiger partial charge in [-0.15, -0.1) is 0 Å². The van der Waals surface area contributed by atoms with E-state index in [9.17, 15) is 35.1 Å². The monoisotopic (exact) mass is 394 g/mol. The van der Waals surface area contributed by atoms with Crippen LogP contribution in [0.3, 0.4) is 0 Å². The van der Waals surface area contributed by atoms with Crippen LogP contribution in [0.5, 0.6) is 0 Å². The van der Waals surface area contributed by atoms with E-state index in [-0.39, 0.29) is 12.5 Å². The zero-order valence-corrected chi connectivity index (χ0v) is 13.2. The average Bonchev–Trinajstić information content (AvgIpc) is 2.55. The van der Waals surface area contributed by atoms with Crippen LogP contribution in [0.15, 0.2) is 61.1 Å². The van der Waals surface area contributed by atoms with Crippen molar-refractivity contribution in [2.24, 2.45) is 0 Å². The third-order valence-electron chi connectivity index (χ3n) is 3.31. The Hall–Kier alpha value is -2.84. The first-order valence-electron chi connectivity index (χ1n) is 7.22. The van der Waals surface area contributed by atoms with E-state index in [1.54, 1.807) is 0 Å². The minimum Gasteiger partial charge on any atom is -0.471 e. The highest BCUT2D eigenvalue weighted by atomic mass is 19.4. The molecule has 0 aliphatic heterocycles. The zero-order chi connectivity index (χ0) is 20.2. The molecule has 0 fully saturated rings. The molecular formula is C18H10F8O. The molecule has 0 atom stereocenters. The summed E-state index contributed by atoms with van der Waals surface area (Å²) in [5.74, 6) is -2.47. The molecule has 0 aliphatic carbocycles. The quantitative estimate of drug-likeness (QED) is 0.426. The summed E-state index contributed by atoms with van der Waals surface area (Å²) >= 11 is 0. The van der Waals surface area contributed by atoms with E-state index in [0.29, 0.717) is 0 Å². The van der Waals surface area contributed by atoms with E-state index < -0.39 is 46.3 Å². The van der Waals surface area contributed by atoms with Crippen molar-refractivity contribution in [1.82, 2.24) is 0 Å². The van der Waals surface area contributed by atoms with Gasteiger partial charge in [0.1, 0.15) is 35.3 Å². The number of benzene rings is 2. The molecule has 27 heavy (non-hydrogen) atoms. The molecule has 0 unspecified atom stereocenters. The van der Waals surface area contributed by atoms with Crippen molar-refractivity contribution in [3.05, 3.63) is 83.8 Å². The first kappa shape index (κ1) is 20.5. The number of hydrogen-bond donors (Lipinski definition) is 0. The Kier molecular flexibility index (Phi) is 5.92. The molecule has 0 amide bonds. The van der Waals surface area contributed by atoms with E-state index in [1.807, 2.05) is 0 Å². The Balaban J connectivity index is 2.47. The number of halogens is 8. The largest absolute Gasteiger partial charge is 0.471 e. The van der Waals surface area contributed by atoms with Gasteiger partial charge < -0.3 is 4.74 Å². The van der Waals surface area contributed by atoms with E-state index in [1.165, 1.54) is 0 Å². The second kappa shape index (κ2) is 7.81. The van der Waals surface area contributed by atoms with E-state index in [2.05, 4.69) is 4.74 Å². The van der Waals surface area contributed by atoms with Crippen LogP contribution in [0.4, 0.5) is 35.1 Å². The van der Waals surface area contributed by atoms with Gasteiger partial charge in [-0.3, -0.25) is 0 Å². The topological polar surface area (TPSA) is 9.23 Å². The Morgan fingerprint density at radius 1 is 0.630 bits per heavy atom. The molecule has 0 saturated heterocycles. The van der Waals surface area contributed by atoms with Gasteiger partial charge in [0.05, 0.1) is 0 Å². The lowest BCUT2D eigenvalue weighted by Crippen LogP contribution is -2.13. The molecule has 9 heteroatoms. The molecule has 144 valence electrons. The zero-order valence-electron chi connectivity index (χ0n) is 13.2. The number of hydrogen-bond acceptors (Lipinski definition) is 1. The van der Waals surface area contributed by atoms with Crippen LogP contribution in [0.1, 0.15) is 11.1 Å². The van der Waals surface area contributed by atoms with Crippen molar-refractivity contribution in [1.29, 1.82) is 0 Å². The Morgan fingerprint density at radius 3 is 1.26 bits per heavy atom. The molecule has 0 spiro atoms. The Labute approximate surface area is 148 Å². The summed E-state index contributed by atoms with van der Waals surface area (Å²) < 4.78 is 110. The summed E-state index contributed by atoms with van der Waals surface area (Å²) in [6.07, 6.45) is -10.3. The van der Waals surface area contributed by atoms with Gasteiger partial charge in [0.25, 0.3) is 0 Å². The second-order valence-electron chi connectivity index (χ2n) is 5.15. The van der Waals surface area contributed by atoms with Gasteiger partial charge in [-0.2, -0.15) is 26.3 Å². The second-order valence-corrected chi connectivity index (χ2v) is 5.15. The van der Waals surface area contributed by atoms with Crippen LogP contribution in [-0.4, -0.2) is 12.4 Å². The van der Waals surface area contributed by atoms with Crippen LogP contribution in [-0.2, 0) is 4.74 Å². The van der Waals surface area contributed by atoms with Gasteiger partial charge in [0, 0.05) is 11.1 Å². The molecule has 0 heterocycles. The first-order chi connectivity index (χ1) is 12.5. The van der Waals surface area contributed by atoms with Crippen molar-refractivity contribution in [2.75, 3.05) is 0 Å². The Bertz CT molecular complexity index is 791. The minimum absolute atomic E-state index is 0.0645. The summed E-state index contributed by atoms with van der Waals surface area (Å²) in [6, 6.07) is 7.63. The molecule has 0 bridgehead atoms. The molecular weight excluding hydrogens is 384 g/mol. The van der Waals surface area contributed by atoms with Crippen molar-refractivity contribution in [2.45, 2.75) is 12.4 Å². The number of allylic oxidation sites excluding steroid dienone is 2. The Morgan fingerprint density at radius 2 is 0.963 bits per heavy atom. The van der Waals surface area contributed by atoms with E-state index >= 15 is 0 Å². The number of ether oxygens (including phenoxy) is 1. The highest BCUT2D eigenvalue weighted by Crippen LogP contribution is 2.37. The standard InChI is InChI=1S/C18H10F8O/c19-15-7-3-1-5-11(15)13(17(21,22)23)9-27-10-14(18(24,25)26)12-6-2-4-8-16(12)20/h1-10H/b13-9-,14-10-. The maximum atomic E-state index is 13.6. The van der Waals surface area contributed by atoms with Crippen LogP contribution in [0.25, 0.3) is 11.1 Å². The lowest BCUT2D eigenvalue weighted by atomic mass is 10.1. The first-order valence-corrected chi connectivity index (χ1v) is 7.22. The van der Waals surface area contributed by atoms with Gasteiger partial charge in [-0.1, -0.05) is 36.4 Å². The highest BCUT2D eigenvalue weighted by Gasteiger charge is 2.38. The van der Waals surface area contributed by atoms with Gasteiger partial charge in [0.15, 0.2) is 0 Å². The summed E-state index contributed by atoms with van der Waals surface area (Å²) in [7, 11) is 0. The molecule has 0 radical (unpaired) electrons. The minimum atomic E-state index is -5.10.